The van der Waals surface area contributed by atoms with E-state index in [0.29, 0.717) is 24.2 Å². The fourth-order valence-corrected chi connectivity index (χ4v) is 5.54. The van der Waals surface area contributed by atoms with E-state index in [4.69, 9.17) is 10.7 Å². The van der Waals surface area contributed by atoms with E-state index < -0.39 is 10.0 Å². The molecule has 1 aromatic carbocycles. The molecule has 0 amide bonds. The lowest BCUT2D eigenvalue weighted by atomic mass is 9.81. The molecule has 9 heteroatoms. The molecule has 2 aliphatic rings. The quantitative estimate of drug-likeness (QED) is 0.562. The molecule has 0 bridgehead atoms. The van der Waals surface area contributed by atoms with Gasteiger partial charge in [0.2, 0.25) is 10.0 Å². The Balaban J connectivity index is 1.40. The van der Waals surface area contributed by atoms with Crippen molar-refractivity contribution in [3.63, 3.8) is 0 Å². The van der Waals surface area contributed by atoms with Gasteiger partial charge in [-0.15, -0.1) is 0 Å². The maximum absolute atomic E-state index is 11.4. The number of para-hydroxylation sites is 1. The lowest BCUT2D eigenvalue weighted by molar-refractivity contribution is 0.318. The molecule has 3 heterocycles. The van der Waals surface area contributed by atoms with Crippen molar-refractivity contribution in [1.29, 1.82) is 0 Å². The number of benzene rings is 1. The second-order valence-corrected chi connectivity index (χ2v) is 10.6. The Morgan fingerprint density at radius 2 is 2.00 bits per heavy atom. The Bertz CT molecular complexity index is 1190. The smallest absolute Gasteiger partial charge is 0.208 e. The number of aromatic nitrogens is 3. The van der Waals surface area contributed by atoms with Crippen LogP contribution in [0.25, 0.3) is 5.52 Å². The van der Waals surface area contributed by atoms with E-state index in [1.807, 2.05) is 12.3 Å². The number of rotatable bonds is 5. The highest BCUT2D eigenvalue weighted by Crippen LogP contribution is 2.40. The SMILES string of the molecule is CS(=O)(=O)NCC1CCC(c2nc(C3Cc4ccccc4N3)c3c(N)nccn23)CC1. The average molecular weight is 441 g/mol. The second-order valence-electron chi connectivity index (χ2n) is 8.78. The molecule has 5 rings (SSSR count). The summed E-state index contributed by atoms with van der Waals surface area (Å²) in [6.45, 7) is 0.514. The maximum Gasteiger partial charge on any atom is 0.208 e. The van der Waals surface area contributed by atoms with Gasteiger partial charge in [0.25, 0.3) is 0 Å². The fraction of sp³-hybridized carbons (Fsp3) is 0.455. The molecule has 1 unspecified atom stereocenters. The summed E-state index contributed by atoms with van der Waals surface area (Å²) in [7, 11) is -3.15. The molecule has 31 heavy (non-hydrogen) atoms. The number of hydrogen-bond donors (Lipinski definition) is 3. The largest absolute Gasteiger partial charge is 0.382 e. The number of anilines is 2. The molecular formula is C22H28N6O2S. The van der Waals surface area contributed by atoms with Gasteiger partial charge in [0.1, 0.15) is 17.2 Å². The third-order valence-electron chi connectivity index (χ3n) is 6.58. The molecule has 164 valence electrons. The van der Waals surface area contributed by atoms with E-state index in [1.165, 1.54) is 11.8 Å². The van der Waals surface area contributed by atoms with Crippen LogP contribution in [-0.4, -0.2) is 35.6 Å². The topological polar surface area (TPSA) is 114 Å². The van der Waals surface area contributed by atoms with Crippen LogP contribution in [0.3, 0.4) is 0 Å². The molecular weight excluding hydrogens is 412 g/mol. The standard InChI is InChI=1S/C22H28N6O2S/c1-31(29,30)25-13-14-6-8-15(9-7-14)22-27-19(20-21(23)24-10-11-28(20)22)18-12-16-4-2-3-5-17(16)26-18/h2-5,10-11,14-15,18,25-26H,6-9,12-13H2,1H3,(H2,23,24). The maximum atomic E-state index is 11.4. The van der Waals surface area contributed by atoms with E-state index in [2.05, 4.69) is 37.6 Å². The highest BCUT2D eigenvalue weighted by Gasteiger charge is 2.31. The number of sulfonamides is 1. The molecule has 1 aliphatic carbocycles. The van der Waals surface area contributed by atoms with Gasteiger partial charge in [-0.2, -0.15) is 0 Å². The average Bonchev–Trinajstić information content (AvgIpc) is 3.34. The second kappa shape index (κ2) is 7.80. The summed E-state index contributed by atoms with van der Waals surface area (Å²) < 4.78 is 27.6. The summed E-state index contributed by atoms with van der Waals surface area (Å²) >= 11 is 0. The molecule has 3 aromatic rings. The first-order valence-electron chi connectivity index (χ1n) is 10.8. The summed E-state index contributed by atoms with van der Waals surface area (Å²) in [5.41, 5.74) is 10.6. The molecule has 1 saturated carbocycles. The molecule has 4 N–H and O–H groups in total. The zero-order valence-electron chi connectivity index (χ0n) is 17.6. The molecule has 0 radical (unpaired) electrons. The third-order valence-corrected chi connectivity index (χ3v) is 7.28. The van der Waals surface area contributed by atoms with Crippen LogP contribution in [0.4, 0.5) is 11.5 Å². The van der Waals surface area contributed by atoms with E-state index >= 15 is 0 Å². The van der Waals surface area contributed by atoms with Crippen molar-refractivity contribution in [1.82, 2.24) is 19.1 Å². The summed E-state index contributed by atoms with van der Waals surface area (Å²) in [5, 5.41) is 3.60. The van der Waals surface area contributed by atoms with Crippen molar-refractivity contribution in [3.05, 3.63) is 53.7 Å². The molecule has 1 atom stereocenters. The number of nitrogens with two attached hydrogens (primary N) is 1. The van der Waals surface area contributed by atoms with E-state index in [0.717, 1.165) is 54.8 Å². The van der Waals surface area contributed by atoms with Gasteiger partial charge in [0.15, 0.2) is 0 Å². The van der Waals surface area contributed by atoms with Gasteiger partial charge in [-0.1, -0.05) is 18.2 Å². The Morgan fingerprint density at radius 3 is 2.74 bits per heavy atom. The van der Waals surface area contributed by atoms with Crippen molar-refractivity contribution in [2.45, 2.75) is 44.1 Å². The lowest BCUT2D eigenvalue weighted by Gasteiger charge is -2.27. The lowest BCUT2D eigenvalue weighted by Crippen LogP contribution is -2.30. The van der Waals surface area contributed by atoms with Crippen LogP contribution in [0.1, 0.15) is 54.7 Å². The minimum atomic E-state index is -3.15. The molecule has 2 aromatic heterocycles. The third kappa shape index (κ3) is 3.99. The van der Waals surface area contributed by atoms with Crippen LogP contribution in [-0.2, 0) is 16.4 Å². The van der Waals surface area contributed by atoms with Gasteiger partial charge in [-0.05, 0) is 43.2 Å². The number of nitrogens with zero attached hydrogens (tertiary/aromatic N) is 3. The Kier molecular flexibility index (Phi) is 5.10. The fourth-order valence-electron chi connectivity index (χ4n) is 5.00. The Labute approximate surface area is 182 Å². The van der Waals surface area contributed by atoms with E-state index in [1.54, 1.807) is 6.20 Å². The monoisotopic (exact) mass is 440 g/mol. The summed E-state index contributed by atoms with van der Waals surface area (Å²) in [6, 6.07) is 8.42. The normalized spacial score (nSPS) is 23.6. The van der Waals surface area contributed by atoms with Crippen LogP contribution in [0, 0.1) is 5.92 Å². The van der Waals surface area contributed by atoms with Crippen LogP contribution >= 0.6 is 0 Å². The minimum absolute atomic E-state index is 0.0722. The minimum Gasteiger partial charge on any atom is -0.382 e. The van der Waals surface area contributed by atoms with Crippen molar-refractivity contribution in [2.75, 3.05) is 23.9 Å². The summed E-state index contributed by atoms with van der Waals surface area (Å²) in [5.74, 6) is 2.22. The van der Waals surface area contributed by atoms with Crippen molar-refractivity contribution >= 4 is 27.0 Å². The van der Waals surface area contributed by atoms with Crippen LogP contribution in [0.2, 0.25) is 0 Å². The van der Waals surface area contributed by atoms with Crippen LogP contribution in [0.15, 0.2) is 36.7 Å². The highest BCUT2D eigenvalue weighted by molar-refractivity contribution is 7.88. The van der Waals surface area contributed by atoms with Gasteiger partial charge in [0, 0.05) is 37.0 Å². The van der Waals surface area contributed by atoms with E-state index in [9.17, 15) is 8.42 Å². The molecule has 0 spiro atoms. The van der Waals surface area contributed by atoms with Crippen LogP contribution < -0.4 is 15.8 Å². The molecule has 1 aliphatic heterocycles. The highest BCUT2D eigenvalue weighted by atomic mass is 32.2. The number of imidazole rings is 1. The van der Waals surface area contributed by atoms with E-state index in [-0.39, 0.29) is 6.04 Å². The molecule has 8 nitrogen and oxygen atoms in total. The summed E-state index contributed by atoms with van der Waals surface area (Å²) in [6.07, 6.45) is 9.69. The Morgan fingerprint density at radius 1 is 1.23 bits per heavy atom. The first kappa shape index (κ1) is 20.3. The van der Waals surface area contributed by atoms with Crippen molar-refractivity contribution in [2.24, 2.45) is 5.92 Å². The van der Waals surface area contributed by atoms with Gasteiger partial charge < -0.3 is 11.1 Å². The number of fused-ring (bicyclic) bond motifs is 2. The van der Waals surface area contributed by atoms with Crippen LogP contribution in [0.5, 0.6) is 0 Å². The number of hydrogen-bond acceptors (Lipinski definition) is 6. The van der Waals surface area contributed by atoms with Gasteiger partial charge in [-0.3, -0.25) is 4.40 Å². The zero-order valence-corrected chi connectivity index (χ0v) is 18.4. The Hall–Kier alpha value is -2.65. The predicted molar refractivity (Wildman–Crippen MR) is 121 cm³/mol. The number of nitrogens with one attached hydrogen (secondary N) is 2. The van der Waals surface area contributed by atoms with Gasteiger partial charge >= 0.3 is 0 Å². The molecule has 1 fully saturated rings. The first-order chi connectivity index (χ1) is 14.9. The van der Waals surface area contributed by atoms with Gasteiger partial charge in [0.05, 0.1) is 18.0 Å². The summed E-state index contributed by atoms with van der Waals surface area (Å²) in [4.78, 5) is 9.45. The zero-order chi connectivity index (χ0) is 21.6. The predicted octanol–water partition coefficient (Wildman–Crippen LogP) is 2.84. The van der Waals surface area contributed by atoms with Gasteiger partial charge in [-0.25, -0.2) is 23.1 Å². The molecule has 0 saturated heterocycles. The number of nitrogen functional groups attached to an aromatic ring is 1. The first-order valence-corrected chi connectivity index (χ1v) is 12.7. The van der Waals surface area contributed by atoms with Crippen molar-refractivity contribution in [3.8, 4) is 0 Å². The van der Waals surface area contributed by atoms with Crippen molar-refractivity contribution < 1.29 is 8.42 Å².